The molecule has 7 heteroatoms. The summed E-state index contributed by atoms with van der Waals surface area (Å²) in [4.78, 5) is 19.6. The van der Waals surface area contributed by atoms with Crippen LogP contribution in [0.2, 0.25) is 5.15 Å². The van der Waals surface area contributed by atoms with E-state index in [1.807, 2.05) is 0 Å². The second-order valence-corrected chi connectivity index (χ2v) is 3.67. The summed E-state index contributed by atoms with van der Waals surface area (Å²) in [5, 5.41) is 3.82. The Morgan fingerprint density at radius 1 is 1.44 bits per heavy atom. The smallest absolute Gasteiger partial charge is 0.255 e. The van der Waals surface area contributed by atoms with Crippen molar-refractivity contribution < 1.29 is 4.52 Å². The fraction of sp³-hybridized carbons (Fsp3) is 0.333. The lowest BCUT2D eigenvalue weighted by atomic mass is 10.5. The van der Waals surface area contributed by atoms with Crippen LogP contribution in [0.3, 0.4) is 0 Å². The van der Waals surface area contributed by atoms with Gasteiger partial charge in [-0.3, -0.25) is 9.36 Å². The van der Waals surface area contributed by atoms with Crippen LogP contribution in [0.1, 0.15) is 17.5 Å². The molecule has 6 nitrogen and oxygen atoms in total. The molecule has 0 saturated heterocycles. The van der Waals surface area contributed by atoms with Crippen molar-refractivity contribution in [2.75, 3.05) is 0 Å². The zero-order chi connectivity index (χ0) is 11.7. The maximum atomic E-state index is 11.6. The number of aromatic nitrogens is 4. The second kappa shape index (κ2) is 4.05. The summed E-state index contributed by atoms with van der Waals surface area (Å²) in [6.45, 7) is 3.61. The topological polar surface area (TPSA) is 73.8 Å². The SMILES string of the molecule is Cc1noc(Cn2c(C)nc(Cl)cc2=O)n1. The van der Waals surface area contributed by atoms with Crippen molar-refractivity contribution in [3.63, 3.8) is 0 Å². The van der Waals surface area contributed by atoms with Gasteiger partial charge in [0.05, 0.1) is 0 Å². The molecule has 0 radical (unpaired) electrons. The van der Waals surface area contributed by atoms with E-state index in [0.717, 1.165) is 0 Å². The summed E-state index contributed by atoms with van der Waals surface area (Å²) in [5.41, 5.74) is -0.242. The predicted molar refractivity (Wildman–Crippen MR) is 56.4 cm³/mol. The molecule has 0 aliphatic heterocycles. The number of hydrogen-bond donors (Lipinski definition) is 0. The lowest BCUT2D eigenvalue weighted by molar-refractivity contribution is 0.364. The van der Waals surface area contributed by atoms with Gasteiger partial charge in [-0.2, -0.15) is 4.98 Å². The highest BCUT2D eigenvalue weighted by molar-refractivity contribution is 6.29. The molecule has 0 aromatic carbocycles. The van der Waals surface area contributed by atoms with E-state index >= 15 is 0 Å². The Hall–Kier alpha value is -1.69. The van der Waals surface area contributed by atoms with E-state index in [1.54, 1.807) is 13.8 Å². The van der Waals surface area contributed by atoms with Crippen molar-refractivity contribution in [3.05, 3.63) is 39.1 Å². The first-order valence-electron chi connectivity index (χ1n) is 4.59. The first-order valence-corrected chi connectivity index (χ1v) is 4.97. The van der Waals surface area contributed by atoms with Crippen molar-refractivity contribution in [2.45, 2.75) is 20.4 Å². The predicted octanol–water partition coefficient (Wildman–Crippen LogP) is 0.945. The minimum atomic E-state index is -0.242. The third kappa shape index (κ3) is 2.11. The van der Waals surface area contributed by atoms with Crippen LogP contribution in [0, 0.1) is 13.8 Å². The highest BCUT2D eigenvalue weighted by Gasteiger charge is 2.08. The molecule has 16 heavy (non-hydrogen) atoms. The van der Waals surface area contributed by atoms with Gasteiger partial charge in [0.1, 0.15) is 17.5 Å². The Morgan fingerprint density at radius 3 is 2.75 bits per heavy atom. The van der Waals surface area contributed by atoms with E-state index in [-0.39, 0.29) is 17.3 Å². The molecular formula is C9H9ClN4O2. The van der Waals surface area contributed by atoms with Gasteiger partial charge in [0.25, 0.3) is 5.56 Å². The van der Waals surface area contributed by atoms with E-state index < -0.39 is 0 Å². The van der Waals surface area contributed by atoms with Crippen molar-refractivity contribution in [2.24, 2.45) is 0 Å². The number of rotatable bonds is 2. The van der Waals surface area contributed by atoms with Gasteiger partial charge in [-0.05, 0) is 13.8 Å². The molecule has 2 aromatic rings. The van der Waals surface area contributed by atoms with E-state index in [4.69, 9.17) is 16.1 Å². The lowest BCUT2D eigenvalue weighted by Crippen LogP contribution is -2.23. The summed E-state index contributed by atoms with van der Waals surface area (Å²) in [6.07, 6.45) is 0. The van der Waals surface area contributed by atoms with Gasteiger partial charge in [-0.1, -0.05) is 16.8 Å². The molecule has 0 atom stereocenters. The van der Waals surface area contributed by atoms with Crippen molar-refractivity contribution in [1.82, 2.24) is 19.7 Å². The molecule has 0 spiro atoms. The maximum Gasteiger partial charge on any atom is 0.255 e. The summed E-state index contributed by atoms with van der Waals surface area (Å²) in [7, 11) is 0. The van der Waals surface area contributed by atoms with E-state index in [1.165, 1.54) is 10.6 Å². The van der Waals surface area contributed by atoms with Crippen LogP contribution in [-0.4, -0.2) is 19.7 Å². The zero-order valence-corrected chi connectivity index (χ0v) is 9.52. The largest absolute Gasteiger partial charge is 0.337 e. The summed E-state index contributed by atoms with van der Waals surface area (Å²) in [6, 6.07) is 1.25. The van der Waals surface area contributed by atoms with Gasteiger partial charge in [0, 0.05) is 6.07 Å². The van der Waals surface area contributed by atoms with Crippen LogP contribution >= 0.6 is 11.6 Å². The van der Waals surface area contributed by atoms with Crippen LogP contribution < -0.4 is 5.56 Å². The molecule has 84 valence electrons. The highest BCUT2D eigenvalue weighted by Crippen LogP contribution is 2.04. The first kappa shape index (κ1) is 10.8. The second-order valence-electron chi connectivity index (χ2n) is 3.29. The molecule has 0 bridgehead atoms. The fourth-order valence-electron chi connectivity index (χ4n) is 1.32. The van der Waals surface area contributed by atoms with Crippen LogP contribution in [0.15, 0.2) is 15.4 Å². The monoisotopic (exact) mass is 240 g/mol. The third-order valence-corrected chi connectivity index (χ3v) is 2.22. The molecule has 2 heterocycles. The van der Waals surface area contributed by atoms with Crippen molar-refractivity contribution >= 4 is 11.6 Å². The van der Waals surface area contributed by atoms with Crippen LogP contribution in [0.25, 0.3) is 0 Å². The van der Waals surface area contributed by atoms with Gasteiger partial charge < -0.3 is 4.52 Å². The lowest BCUT2D eigenvalue weighted by Gasteiger charge is -2.05. The Labute approximate surface area is 95.9 Å². The van der Waals surface area contributed by atoms with E-state index in [9.17, 15) is 4.79 Å². The van der Waals surface area contributed by atoms with Crippen molar-refractivity contribution in [3.8, 4) is 0 Å². The summed E-state index contributed by atoms with van der Waals surface area (Å²) in [5.74, 6) is 1.41. The number of nitrogens with zero attached hydrogens (tertiary/aromatic N) is 4. The molecule has 0 fully saturated rings. The quantitative estimate of drug-likeness (QED) is 0.731. The Bertz CT molecular complexity index is 575. The van der Waals surface area contributed by atoms with Gasteiger partial charge in [0.15, 0.2) is 5.82 Å². The maximum absolute atomic E-state index is 11.6. The molecule has 2 rings (SSSR count). The molecule has 2 aromatic heterocycles. The van der Waals surface area contributed by atoms with E-state index in [0.29, 0.717) is 17.5 Å². The molecular weight excluding hydrogens is 232 g/mol. The Balaban J connectivity index is 2.38. The average molecular weight is 241 g/mol. The summed E-state index contributed by atoms with van der Waals surface area (Å²) < 4.78 is 6.34. The average Bonchev–Trinajstić information content (AvgIpc) is 2.58. The minimum Gasteiger partial charge on any atom is -0.337 e. The van der Waals surface area contributed by atoms with Gasteiger partial charge >= 0.3 is 0 Å². The fourth-order valence-corrected chi connectivity index (χ4v) is 1.53. The van der Waals surface area contributed by atoms with E-state index in [2.05, 4.69) is 15.1 Å². The molecule has 0 aliphatic carbocycles. The molecule has 0 saturated carbocycles. The van der Waals surface area contributed by atoms with Crippen LogP contribution in [-0.2, 0) is 6.54 Å². The normalized spacial score (nSPS) is 10.7. The standard InChI is InChI=1S/C9H9ClN4O2/c1-5-11-8(16-13-5)4-14-6(2)12-7(10)3-9(14)15/h3H,4H2,1-2H3. The minimum absolute atomic E-state index is 0.181. The Kier molecular flexibility index (Phi) is 2.74. The molecule has 0 aliphatic rings. The molecule has 0 amide bonds. The molecule has 0 N–H and O–H groups in total. The number of hydrogen-bond acceptors (Lipinski definition) is 5. The van der Waals surface area contributed by atoms with Crippen LogP contribution in [0.4, 0.5) is 0 Å². The zero-order valence-electron chi connectivity index (χ0n) is 8.77. The number of aryl methyl sites for hydroxylation is 2. The Morgan fingerprint density at radius 2 is 2.19 bits per heavy atom. The van der Waals surface area contributed by atoms with Gasteiger partial charge in [-0.15, -0.1) is 0 Å². The van der Waals surface area contributed by atoms with Crippen LogP contribution in [0.5, 0.6) is 0 Å². The van der Waals surface area contributed by atoms with Gasteiger partial charge in [0.2, 0.25) is 5.89 Å². The van der Waals surface area contributed by atoms with Crippen molar-refractivity contribution in [1.29, 1.82) is 0 Å². The first-order chi connectivity index (χ1) is 7.56. The highest BCUT2D eigenvalue weighted by atomic mass is 35.5. The third-order valence-electron chi connectivity index (χ3n) is 2.03. The summed E-state index contributed by atoms with van der Waals surface area (Å²) >= 11 is 5.65. The molecule has 0 unspecified atom stereocenters. The number of halogens is 1. The van der Waals surface area contributed by atoms with Gasteiger partial charge in [-0.25, -0.2) is 4.98 Å².